The number of carbonyl (C=O) groups excluding carboxylic acids is 2. The van der Waals surface area contributed by atoms with Crippen molar-refractivity contribution in [3.8, 4) is 0 Å². The summed E-state index contributed by atoms with van der Waals surface area (Å²) in [7, 11) is -5.21. The molecule has 14 nitrogen and oxygen atoms in total. The fraction of sp³-hybridized carbons (Fsp3) is 0.509. The lowest BCUT2D eigenvalue weighted by Crippen LogP contribution is -2.64. The number of hydrogen-bond donors (Lipinski definition) is 7. The zero-order valence-electron chi connectivity index (χ0n) is 39.9. The Hall–Kier alpha value is -4.31. The van der Waals surface area contributed by atoms with Gasteiger partial charge in [-0.1, -0.05) is 160 Å². The second-order valence-electron chi connectivity index (χ2n) is 15.7. The normalized spacial score (nSPS) is 22.8. The minimum atomic E-state index is -5.21. The third kappa shape index (κ3) is 32.4. The minimum Gasteiger partial charge on any atom is -0.462 e. The summed E-state index contributed by atoms with van der Waals surface area (Å²) in [5.74, 6) is -1.50. The van der Waals surface area contributed by atoms with E-state index in [0.29, 0.717) is 19.3 Å². The molecular formula is C53H79O14P. The SMILES string of the molecule is CC/C=C\C/C=C\C/C=C\C/C=C\C/C=C\C=C/C(O)CCC(=O)OC[C@H](COP(=O)(O)OC1[C@H](O)[C@H](O)C(O)[C@H](O)[C@H]1O)OC(=O)CC/C=C\C/C=C\C/C=C\C/C=C\C/C=C\C/C=C\CC. The number of phosphoric acid groups is 1. The van der Waals surface area contributed by atoms with Crippen molar-refractivity contribution in [3.63, 3.8) is 0 Å². The molecular weight excluding hydrogens is 892 g/mol. The van der Waals surface area contributed by atoms with E-state index in [-0.39, 0.29) is 19.3 Å². The van der Waals surface area contributed by atoms with Crippen LogP contribution in [0.3, 0.4) is 0 Å². The third-order valence-electron chi connectivity index (χ3n) is 9.81. The maximum Gasteiger partial charge on any atom is 0.472 e. The van der Waals surface area contributed by atoms with Crippen molar-refractivity contribution in [2.75, 3.05) is 13.2 Å². The first kappa shape index (κ1) is 61.7. The number of aliphatic hydroxyl groups excluding tert-OH is 6. The van der Waals surface area contributed by atoms with Gasteiger partial charge in [0.1, 0.15) is 43.2 Å². The van der Waals surface area contributed by atoms with Crippen LogP contribution in [-0.4, -0.2) is 110 Å². The van der Waals surface area contributed by atoms with Gasteiger partial charge in [-0.25, -0.2) is 4.57 Å². The van der Waals surface area contributed by atoms with Crippen molar-refractivity contribution in [1.82, 2.24) is 0 Å². The number of allylic oxidation sites excluding steroid dienone is 23. The molecule has 0 aliphatic heterocycles. The molecule has 0 aromatic heterocycles. The van der Waals surface area contributed by atoms with E-state index in [1.165, 1.54) is 6.08 Å². The summed E-state index contributed by atoms with van der Waals surface area (Å²) in [6.07, 6.45) is 43.7. The molecule has 1 aliphatic rings. The van der Waals surface area contributed by atoms with Crippen molar-refractivity contribution in [3.05, 3.63) is 146 Å². The first-order chi connectivity index (χ1) is 32.8. The molecule has 0 saturated heterocycles. The Morgan fingerprint density at radius 3 is 1.35 bits per heavy atom. The Morgan fingerprint density at radius 1 is 0.515 bits per heavy atom. The Bertz CT molecular complexity index is 1750. The number of esters is 2. The lowest BCUT2D eigenvalue weighted by molar-refractivity contribution is -0.220. The number of phosphoric ester groups is 1. The maximum absolute atomic E-state index is 12.8. The van der Waals surface area contributed by atoms with E-state index >= 15 is 0 Å². The minimum absolute atomic E-state index is 0.0189. The van der Waals surface area contributed by atoms with Crippen LogP contribution in [0.2, 0.25) is 0 Å². The summed E-state index contributed by atoms with van der Waals surface area (Å²) in [6.45, 7) is 2.78. The first-order valence-electron chi connectivity index (χ1n) is 23.7. The van der Waals surface area contributed by atoms with Crippen LogP contribution in [0.25, 0.3) is 0 Å². The predicted octanol–water partition coefficient (Wildman–Crippen LogP) is 8.69. The number of ether oxygens (including phenoxy) is 2. The van der Waals surface area contributed by atoms with Gasteiger partial charge < -0.3 is 45.0 Å². The van der Waals surface area contributed by atoms with E-state index in [4.69, 9.17) is 18.5 Å². The number of hydrogen-bond acceptors (Lipinski definition) is 13. The number of carbonyl (C=O) groups is 2. The molecule has 1 fully saturated rings. The average Bonchev–Trinajstić information content (AvgIpc) is 3.32. The summed E-state index contributed by atoms with van der Waals surface area (Å²) in [6, 6.07) is 0. The highest BCUT2D eigenvalue weighted by atomic mass is 31.2. The zero-order chi connectivity index (χ0) is 50.1. The highest BCUT2D eigenvalue weighted by Crippen LogP contribution is 2.47. The molecule has 9 atom stereocenters. The van der Waals surface area contributed by atoms with Crippen molar-refractivity contribution in [1.29, 1.82) is 0 Å². The van der Waals surface area contributed by atoms with Crippen LogP contribution in [0.5, 0.6) is 0 Å². The van der Waals surface area contributed by atoms with Crippen molar-refractivity contribution in [2.24, 2.45) is 0 Å². The Balaban J connectivity index is 2.62. The van der Waals surface area contributed by atoms with E-state index in [1.807, 2.05) is 30.4 Å². The molecule has 15 heteroatoms. The lowest BCUT2D eigenvalue weighted by Gasteiger charge is -2.41. The van der Waals surface area contributed by atoms with Gasteiger partial charge in [0, 0.05) is 12.8 Å². The molecule has 1 aliphatic carbocycles. The van der Waals surface area contributed by atoms with Gasteiger partial charge in [-0.15, -0.1) is 0 Å². The van der Waals surface area contributed by atoms with Gasteiger partial charge in [0.15, 0.2) is 6.10 Å². The van der Waals surface area contributed by atoms with E-state index in [1.54, 1.807) is 18.2 Å². The first-order valence-corrected chi connectivity index (χ1v) is 25.2. The molecule has 68 heavy (non-hydrogen) atoms. The largest absolute Gasteiger partial charge is 0.472 e. The standard InChI is InChI=1S/C53H79O14P/c1-3-5-7-9-11-13-15-17-19-21-22-23-25-27-29-31-33-35-37-39-47(56)66-45(43-65-68(62,63)67-53-51(60)49(58)48(57)50(59)52(53)61)42-64-46(55)41-40-44(54)38-36-34-32-30-28-26-24-20-18-16-14-12-10-8-6-4-2/h5-8,11-14,17-20,22-23,26-29,32-36,38,44-45,48-54,57-61H,3-4,9-10,15-16,21,24-25,30-31,37,39-43H2,1-2H3,(H,62,63)/b7-5-,8-6-,13-11-,14-12-,19-17-,20-18-,23-22-,28-26-,29-27-,34-32-,35-33-,38-36-/t44?,45-,48?,49-,50+,51-,52-,53?/m1/s1. The summed E-state index contributed by atoms with van der Waals surface area (Å²) < 4.78 is 33.3. The quantitative estimate of drug-likeness (QED) is 0.0135. The summed E-state index contributed by atoms with van der Waals surface area (Å²) in [4.78, 5) is 35.7. The van der Waals surface area contributed by atoms with Crippen molar-refractivity contribution < 1.29 is 68.2 Å². The van der Waals surface area contributed by atoms with Crippen molar-refractivity contribution in [2.45, 2.75) is 159 Å². The van der Waals surface area contributed by atoms with E-state index < -0.39 is 81.8 Å². The van der Waals surface area contributed by atoms with Gasteiger partial charge in [0.05, 0.1) is 12.7 Å². The molecule has 0 spiro atoms. The van der Waals surface area contributed by atoms with Crippen LogP contribution >= 0.6 is 7.82 Å². The van der Waals surface area contributed by atoms with Crippen LogP contribution in [0.1, 0.15) is 110 Å². The van der Waals surface area contributed by atoms with Crippen LogP contribution in [0.15, 0.2) is 146 Å². The lowest BCUT2D eigenvalue weighted by atomic mass is 9.85. The number of aliphatic hydroxyl groups is 6. The van der Waals surface area contributed by atoms with Gasteiger partial charge in [-0.2, -0.15) is 0 Å². The van der Waals surface area contributed by atoms with Gasteiger partial charge in [0.2, 0.25) is 0 Å². The molecule has 0 radical (unpaired) electrons. The maximum atomic E-state index is 12.8. The number of rotatable bonds is 36. The van der Waals surface area contributed by atoms with Crippen LogP contribution in [-0.2, 0) is 32.7 Å². The average molecular weight is 971 g/mol. The molecule has 0 aromatic carbocycles. The van der Waals surface area contributed by atoms with Crippen LogP contribution in [0, 0.1) is 0 Å². The highest BCUT2D eigenvalue weighted by molar-refractivity contribution is 7.47. The molecule has 4 unspecified atom stereocenters. The fourth-order valence-corrected chi connectivity index (χ4v) is 6.98. The molecule has 0 aromatic rings. The molecule has 7 N–H and O–H groups in total. The molecule has 0 bridgehead atoms. The Labute approximate surface area is 404 Å². The predicted molar refractivity (Wildman–Crippen MR) is 268 cm³/mol. The topological polar surface area (TPSA) is 230 Å². The molecule has 1 saturated carbocycles. The van der Waals surface area contributed by atoms with Gasteiger partial charge in [-0.3, -0.25) is 18.6 Å². The summed E-state index contributed by atoms with van der Waals surface area (Å²) in [5, 5.41) is 60.5. The second kappa shape index (κ2) is 40.6. The van der Waals surface area contributed by atoms with Gasteiger partial charge in [0.25, 0.3) is 0 Å². The second-order valence-corrected chi connectivity index (χ2v) is 17.1. The third-order valence-corrected chi connectivity index (χ3v) is 10.8. The molecule has 0 amide bonds. The molecule has 0 heterocycles. The monoisotopic (exact) mass is 971 g/mol. The van der Waals surface area contributed by atoms with Crippen LogP contribution in [0.4, 0.5) is 0 Å². The highest BCUT2D eigenvalue weighted by Gasteiger charge is 2.51. The summed E-state index contributed by atoms with van der Waals surface area (Å²) >= 11 is 0. The Morgan fingerprint density at radius 2 is 0.912 bits per heavy atom. The van der Waals surface area contributed by atoms with E-state index in [2.05, 4.69) is 105 Å². The summed E-state index contributed by atoms with van der Waals surface area (Å²) in [5.41, 5.74) is 0. The fourth-order valence-electron chi connectivity index (χ4n) is 6.01. The Kier molecular flexibility index (Phi) is 36.8. The van der Waals surface area contributed by atoms with Crippen molar-refractivity contribution >= 4 is 19.8 Å². The van der Waals surface area contributed by atoms with E-state index in [0.717, 1.165) is 57.8 Å². The van der Waals surface area contributed by atoms with Crippen LogP contribution < -0.4 is 0 Å². The molecule has 380 valence electrons. The molecule has 1 rings (SSSR count). The van der Waals surface area contributed by atoms with Gasteiger partial charge in [-0.05, 0) is 83.5 Å². The zero-order valence-corrected chi connectivity index (χ0v) is 40.8. The van der Waals surface area contributed by atoms with Gasteiger partial charge >= 0.3 is 19.8 Å². The smallest absolute Gasteiger partial charge is 0.462 e. The van der Waals surface area contributed by atoms with E-state index in [9.17, 15) is 49.7 Å².